The van der Waals surface area contributed by atoms with E-state index < -0.39 is 53.7 Å². The number of rotatable bonds is 8. The molecule has 0 heterocycles. The van der Waals surface area contributed by atoms with Gasteiger partial charge in [0.1, 0.15) is 23.5 Å². The number of benzene rings is 1. The van der Waals surface area contributed by atoms with Crippen molar-refractivity contribution in [3.63, 3.8) is 0 Å². The highest BCUT2D eigenvalue weighted by Gasteiger charge is 2.30. The molecule has 8 nitrogen and oxygen atoms in total. The second kappa shape index (κ2) is 10.5. The first-order valence-corrected chi connectivity index (χ1v) is 9.03. The van der Waals surface area contributed by atoms with Gasteiger partial charge in [0, 0.05) is 13.3 Å². The summed E-state index contributed by atoms with van der Waals surface area (Å²) in [5.74, 6) is -3.22. The summed E-state index contributed by atoms with van der Waals surface area (Å²) in [6.45, 7) is 6.23. The van der Waals surface area contributed by atoms with Gasteiger partial charge < -0.3 is 20.1 Å². The first kappa shape index (κ1) is 24.1. The van der Waals surface area contributed by atoms with Crippen LogP contribution in [0.2, 0.25) is 0 Å². The van der Waals surface area contributed by atoms with E-state index in [9.17, 15) is 23.6 Å². The predicted molar refractivity (Wildman–Crippen MR) is 102 cm³/mol. The molecule has 1 aromatic carbocycles. The van der Waals surface area contributed by atoms with Gasteiger partial charge in [0.15, 0.2) is 0 Å². The van der Waals surface area contributed by atoms with Crippen LogP contribution in [0.3, 0.4) is 0 Å². The number of carbonyl (C=O) groups excluding carboxylic acids is 4. The Hall–Kier alpha value is -2.97. The van der Waals surface area contributed by atoms with Gasteiger partial charge in [-0.25, -0.2) is 9.18 Å². The second-order valence-electron chi connectivity index (χ2n) is 7.46. The fraction of sp³-hybridized carbons (Fsp3) is 0.500. The zero-order chi connectivity index (χ0) is 22.2. The Morgan fingerprint density at radius 1 is 1.10 bits per heavy atom. The third kappa shape index (κ3) is 9.18. The molecule has 0 unspecified atom stereocenters. The van der Waals surface area contributed by atoms with Gasteiger partial charge in [0.25, 0.3) is 0 Å². The van der Waals surface area contributed by atoms with Crippen LogP contribution in [-0.4, -0.2) is 48.5 Å². The summed E-state index contributed by atoms with van der Waals surface area (Å²) < 4.78 is 23.2. The fourth-order valence-corrected chi connectivity index (χ4v) is 2.51. The van der Waals surface area contributed by atoms with Gasteiger partial charge >= 0.3 is 11.9 Å². The number of hydrogen-bond donors (Lipinski definition) is 2. The van der Waals surface area contributed by atoms with Crippen LogP contribution in [0.25, 0.3) is 0 Å². The van der Waals surface area contributed by atoms with Gasteiger partial charge in [-0.05, 0) is 38.5 Å². The molecule has 0 aromatic heterocycles. The molecule has 0 aliphatic rings. The van der Waals surface area contributed by atoms with Crippen molar-refractivity contribution in [1.82, 2.24) is 10.6 Å². The normalized spacial score (nSPS) is 13.0. The van der Waals surface area contributed by atoms with Crippen LogP contribution in [0.4, 0.5) is 4.39 Å². The van der Waals surface area contributed by atoms with Gasteiger partial charge in [-0.3, -0.25) is 14.4 Å². The fourth-order valence-electron chi connectivity index (χ4n) is 2.51. The lowest BCUT2D eigenvalue weighted by molar-refractivity contribution is -0.159. The van der Waals surface area contributed by atoms with E-state index in [-0.39, 0.29) is 6.42 Å². The third-order valence-electron chi connectivity index (χ3n) is 3.62. The molecule has 0 aliphatic carbocycles. The lowest BCUT2D eigenvalue weighted by atomic mass is 10.0. The van der Waals surface area contributed by atoms with Gasteiger partial charge in [0.2, 0.25) is 11.8 Å². The molecule has 0 saturated carbocycles. The molecule has 0 aliphatic heterocycles. The Kier molecular flexibility index (Phi) is 8.75. The average Bonchev–Trinajstić information content (AvgIpc) is 2.57. The predicted octanol–water partition coefficient (Wildman–Crippen LogP) is 1.26. The maximum atomic E-state index is 13.4. The first-order chi connectivity index (χ1) is 13.4. The largest absolute Gasteiger partial charge is 0.467 e. The number of methoxy groups -OCH3 is 1. The van der Waals surface area contributed by atoms with Gasteiger partial charge in [-0.1, -0.05) is 12.1 Å². The van der Waals surface area contributed by atoms with Gasteiger partial charge in [-0.2, -0.15) is 0 Å². The number of ether oxygens (including phenoxy) is 2. The molecule has 29 heavy (non-hydrogen) atoms. The molecule has 2 N–H and O–H groups in total. The van der Waals surface area contributed by atoms with Crippen LogP contribution in [-0.2, 0) is 35.1 Å². The Morgan fingerprint density at radius 2 is 1.76 bits per heavy atom. The molecular weight excluding hydrogens is 383 g/mol. The maximum absolute atomic E-state index is 13.4. The zero-order valence-corrected chi connectivity index (χ0v) is 17.2. The monoisotopic (exact) mass is 410 g/mol. The van der Waals surface area contributed by atoms with Crippen LogP contribution in [0.15, 0.2) is 24.3 Å². The smallest absolute Gasteiger partial charge is 0.328 e. The van der Waals surface area contributed by atoms with Gasteiger partial charge in [0.05, 0.1) is 13.5 Å². The van der Waals surface area contributed by atoms with Crippen molar-refractivity contribution >= 4 is 23.8 Å². The Balaban J connectivity index is 2.94. The van der Waals surface area contributed by atoms with E-state index in [4.69, 9.17) is 4.74 Å². The van der Waals surface area contributed by atoms with Crippen molar-refractivity contribution < 1.29 is 33.0 Å². The molecule has 0 radical (unpaired) electrons. The van der Waals surface area contributed by atoms with E-state index in [2.05, 4.69) is 15.4 Å². The molecule has 0 spiro atoms. The zero-order valence-electron chi connectivity index (χ0n) is 17.2. The number of halogens is 1. The molecule has 0 bridgehead atoms. The molecule has 0 fully saturated rings. The van der Waals surface area contributed by atoms with E-state index in [1.807, 2.05) is 0 Å². The van der Waals surface area contributed by atoms with Crippen molar-refractivity contribution in [3.8, 4) is 0 Å². The quantitative estimate of drug-likeness (QED) is 0.625. The minimum Gasteiger partial charge on any atom is -0.467 e. The molecule has 160 valence electrons. The molecule has 1 rings (SSSR count). The van der Waals surface area contributed by atoms with E-state index >= 15 is 0 Å². The first-order valence-electron chi connectivity index (χ1n) is 9.03. The van der Waals surface area contributed by atoms with Crippen molar-refractivity contribution in [2.45, 2.75) is 58.2 Å². The topological polar surface area (TPSA) is 111 Å². The summed E-state index contributed by atoms with van der Waals surface area (Å²) in [4.78, 5) is 48.3. The standard InChI is InChI=1S/C20H27FN2O6/c1-12(24)22-15(10-13-7-6-8-14(21)9-13)18(26)23-16(19(27)28-5)11-17(25)29-20(2,3)4/h6-9,15-16H,10-11H2,1-5H3,(H,22,24)(H,23,26)/t15-,16+/m1/s1. The minimum atomic E-state index is -1.30. The number of esters is 2. The van der Waals surface area contributed by atoms with E-state index in [1.54, 1.807) is 26.8 Å². The van der Waals surface area contributed by atoms with Gasteiger partial charge in [-0.15, -0.1) is 0 Å². The SMILES string of the molecule is COC(=O)[C@H](CC(=O)OC(C)(C)C)NC(=O)[C@@H](Cc1cccc(F)c1)NC(C)=O. The molecular formula is C20H27FN2O6. The third-order valence-corrected chi connectivity index (χ3v) is 3.62. The number of carbonyl (C=O) groups is 4. The summed E-state index contributed by atoms with van der Waals surface area (Å²) in [5.41, 5.74) is -0.293. The van der Waals surface area contributed by atoms with Crippen LogP contribution in [0.1, 0.15) is 39.7 Å². The molecule has 0 saturated heterocycles. The maximum Gasteiger partial charge on any atom is 0.328 e. The lowest BCUT2D eigenvalue weighted by Crippen LogP contribution is -2.53. The number of amides is 2. The highest BCUT2D eigenvalue weighted by atomic mass is 19.1. The van der Waals surface area contributed by atoms with Crippen LogP contribution in [0, 0.1) is 5.82 Å². The summed E-state index contributed by atoms with van der Waals surface area (Å²) in [5, 5.41) is 4.86. The lowest BCUT2D eigenvalue weighted by Gasteiger charge is -2.24. The van der Waals surface area contributed by atoms with Crippen LogP contribution >= 0.6 is 0 Å². The van der Waals surface area contributed by atoms with Crippen molar-refractivity contribution in [1.29, 1.82) is 0 Å². The molecule has 9 heteroatoms. The Morgan fingerprint density at radius 3 is 2.28 bits per heavy atom. The number of hydrogen-bond acceptors (Lipinski definition) is 6. The van der Waals surface area contributed by atoms with Crippen molar-refractivity contribution in [3.05, 3.63) is 35.6 Å². The second-order valence-corrected chi connectivity index (χ2v) is 7.46. The van der Waals surface area contributed by atoms with Crippen molar-refractivity contribution in [2.75, 3.05) is 7.11 Å². The number of nitrogens with one attached hydrogen (secondary N) is 2. The Labute approximate surface area is 169 Å². The summed E-state index contributed by atoms with van der Waals surface area (Å²) in [6.07, 6.45) is -0.452. The van der Waals surface area contributed by atoms with E-state index in [0.717, 1.165) is 7.11 Å². The summed E-state index contributed by atoms with van der Waals surface area (Å²) >= 11 is 0. The average molecular weight is 410 g/mol. The van der Waals surface area contributed by atoms with E-state index in [1.165, 1.54) is 25.1 Å². The summed E-state index contributed by atoms with van der Waals surface area (Å²) in [7, 11) is 1.12. The molecule has 2 atom stereocenters. The van der Waals surface area contributed by atoms with Crippen LogP contribution in [0.5, 0.6) is 0 Å². The molecule has 2 amide bonds. The van der Waals surface area contributed by atoms with E-state index in [0.29, 0.717) is 5.56 Å². The molecule has 1 aromatic rings. The highest BCUT2D eigenvalue weighted by Crippen LogP contribution is 2.11. The Bertz CT molecular complexity index is 760. The van der Waals surface area contributed by atoms with Crippen molar-refractivity contribution in [2.24, 2.45) is 0 Å². The summed E-state index contributed by atoms with van der Waals surface area (Å²) in [6, 6.07) is 3.19. The minimum absolute atomic E-state index is 0.0104. The van der Waals surface area contributed by atoms with Crippen LogP contribution < -0.4 is 10.6 Å². The highest BCUT2D eigenvalue weighted by molar-refractivity contribution is 5.92.